The fourth-order valence-corrected chi connectivity index (χ4v) is 1.56. The fourth-order valence-electron chi connectivity index (χ4n) is 1.56. The van der Waals surface area contributed by atoms with Crippen LogP contribution in [0.15, 0.2) is 18.7 Å². The fraction of sp³-hybridized carbons (Fsp3) is 0.400. The topological polar surface area (TPSA) is 94.9 Å². The summed E-state index contributed by atoms with van der Waals surface area (Å²) in [7, 11) is 3.57. The third-order valence-electron chi connectivity index (χ3n) is 2.46. The molecule has 2 N–H and O–H groups in total. The molecule has 0 atom stereocenters. The van der Waals surface area contributed by atoms with E-state index in [1.165, 1.54) is 11.0 Å². The van der Waals surface area contributed by atoms with E-state index in [1.54, 1.807) is 22.8 Å². The maximum Gasteiger partial charge on any atom is 0.244 e. The molecule has 2 aromatic heterocycles. The Morgan fingerprint density at radius 3 is 2.89 bits per heavy atom. The lowest BCUT2D eigenvalue weighted by Crippen LogP contribution is -2.29. The Morgan fingerprint density at radius 1 is 1.56 bits per heavy atom. The molecule has 0 aliphatic heterocycles. The zero-order valence-electron chi connectivity index (χ0n) is 10.3. The lowest BCUT2D eigenvalue weighted by Gasteiger charge is -2.15. The molecule has 8 nitrogen and oxygen atoms in total. The van der Waals surface area contributed by atoms with E-state index in [0.29, 0.717) is 6.54 Å². The summed E-state index contributed by atoms with van der Waals surface area (Å²) in [5.74, 6) is 0.0986. The van der Waals surface area contributed by atoms with Gasteiger partial charge in [-0.25, -0.2) is 9.67 Å². The average molecular weight is 249 g/mol. The molecule has 0 saturated carbocycles. The summed E-state index contributed by atoms with van der Waals surface area (Å²) >= 11 is 0. The first-order valence-electron chi connectivity index (χ1n) is 5.41. The zero-order chi connectivity index (χ0) is 13.1. The maximum absolute atomic E-state index is 11.9. The summed E-state index contributed by atoms with van der Waals surface area (Å²) in [5, 5.41) is 7.91. The van der Waals surface area contributed by atoms with E-state index in [-0.39, 0.29) is 18.4 Å². The van der Waals surface area contributed by atoms with E-state index in [9.17, 15) is 4.79 Å². The molecule has 0 aliphatic rings. The number of nitrogen functional groups attached to an aromatic ring is 1. The number of hydrogen-bond acceptors (Lipinski definition) is 5. The van der Waals surface area contributed by atoms with Gasteiger partial charge in [0.25, 0.3) is 0 Å². The minimum Gasteiger partial charge on any atom is -0.367 e. The Labute approximate surface area is 104 Å². The largest absolute Gasteiger partial charge is 0.367 e. The molecule has 0 radical (unpaired) electrons. The number of aryl methyl sites for hydroxylation is 1. The van der Waals surface area contributed by atoms with Crippen molar-refractivity contribution in [3.63, 3.8) is 0 Å². The van der Waals surface area contributed by atoms with Gasteiger partial charge in [-0.3, -0.25) is 9.48 Å². The van der Waals surface area contributed by atoms with Crippen LogP contribution in [0.3, 0.4) is 0 Å². The van der Waals surface area contributed by atoms with Crippen LogP contribution < -0.4 is 5.73 Å². The molecule has 2 aromatic rings. The van der Waals surface area contributed by atoms with Crippen molar-refractivity contribution in [3.8, 4) is 0 Å². The number of aromatic nitrogens is 5. The molecule has 1 amide bonds. The van der Waals surface area contributed by atoms with Crippen molar-refractivity contribution >= 4 is 11.9 Å². The van der Waals surface area contributed by atoms with E-state index >= 15 is 0 Å². The number of likely N-dealkylation sites (N-methyl/N-ethyl adjacent to an activating group) is 1. The summed E-state index contributed by atoms with van der Waals surface area (Å²) in [5.41, 5.74) is 6.36. The van der Waals surface area contributed by atoms with Crippen LogP contribution in [-0.2, 0) is 24.9 Å². The highest BCUT2D eigenvalue weighted by molar-refractivity contribution is 5.75. The third kappa shape index (κ3) is 2.84. The highest BCUT2D eigenvalue weighted by Crippen LogP contribution is 2.02. The third-order valence-corrected chi connectivity index (χ3v) is 2.46. The summed E-state index contributed by atoms with van der Waals surface area (Å²) < 4.78 is 3.11. The number of amides is 1. The summed E-state index contributed by atoms with van der Waals surface area (Å²) in [6.45, 7) is 0.637. The lowest BCUT2D eigenvalue weighted by atomic mass is 10.3. The van der Waals surface area contributed by atoms with Gasteiger partial charge in [-0.2, -0.15) is 5.10 Å². The first-order chi connectivity index (χ1) is 8.54. The Balaban J connectivity index is 1.92. The number of carbonyl (C=O) groups is 1. The quantitative estimate of drug-likeness (QED) is 0.769. The monoisotopic (exact) mass is 249 g/mol. The first kappa shape index (κ1) is 12.1. The van der Waals surface area contributed by atoms with Crippen LogP contribution >= 0.6 is 0 Å². The second-order valence-electron chi connectivity index (χ2n) is 4.07. The Morgan fingerprint density at radius 2 is 2.33 bits per heavy atom. The maximum atomic E-state index is 11.9. The van der Waals surface area contributed by atoms with Crippen LogP contribution in [-0.4, -0.2) is 42.4 Å². The van der Waals surface area contributed by atoms with E-state index in [4.69, 9.17) is 5.73 Å². The molecule has 0 aromatic carbocycles. The van der Waals surface area contributed by atoms with Crippen LogP contribution in [0.4, 0.5) is 5.95 Å². The van der Waals surface area contributed by atoms with Crippen molar-refractivity contribution < 1.29 is 4.79 Å². The molecule has 2 heterocycles. The summed E-state index contributed by atoms with van der Waals surface area (Å²) in [6, 6.07) is 0. The van der Waals surface area contributed by atoms with Gasteiger partial charge in [-0.05, 0) is 0 Å². The predicted octanol–water partition coefficient (Wildman–Crippen LogP) is -0.748. The van der Waals surface area contributed by atoms with Gasteiger partial charge in [0.05, 0.1) is 6.20 Å². The molecular weight excluding hydrogens is 234 g/mol. The Kier molecular flexibility index (Phi) is 3.26. The number of nitrogens with two attached hydrogens (primary N) is 1. The predicted molar refractivity (Wildman–Crippen MR) is 64.1 cm³/mol. The molecule has 18 heavy (non-hydrogen) atoms. The molecule has 8 heteroatoms. The Bertz CT molecular complexity index is 544. The number of nitrogens with zero attached hydrogens (tertiary/aromatic N) is 6. The van der Waals surface area contributed by atoms with Crippen molar-refractivity contribution in [2.75, 3.05) is 12.8 Å². The van der Waals surface area contributed by atoms with Crippen molar-refractivity contribution in [1.29, 1.82) is 0 Å². The molecule has 0 bridgehead atoms. The Hall–Kier alpha value is -2.38. The smallest absolute Gasteiger partial charge is 0.244 e. The van der Waals surface area contributed by atoms with Gasteiger partial charge < -0.3 is 10.6 Å². The highest BCUT2D eigenvalue weighted by atomic mass is 16.2. The average Bonchev–Trinajstić information content (AvgIpc) is 2.88. The van der Waals surface area contributed by atoms with Crippen LogP contribution in [0.5, 0.6) is 0 Å². The van der Waals surface area contributed by atoms with Crippen LogP contribution in [0.2, 0.25) is 0 Å². The summed E-state index contributed by atoms with van der Waals surface area (Å²) in [6.07, 6.45) is 5.04. The van der Waals surface area contributed by atoms with Crippen molar-refractivity contribution in [2.45, 2.75) is 13.1 Å². The lowest BCUT2D eigenvalue weighted by molar-refractivity contribution is -0.131. The van der Waals surface area contributed by atoms with Gasteiger partial charge in [-0.15, -0.1) is 5.10 Å². The van der Waals surface area contributed by atoms with Crippen LogP contribution in [0.1, 0.15) is 5.56 Å². The molecule has 2 rings (SSSR count). The molecular formula is C10H15N7O. The van der Waals surface area contributed by atoms with Gasteiger partial charge in [0.2, 0.25) is 11.9 Å². The van der Waals surface area contributed by atoms with Gasteiger partial charge >= 0.3 is 0 Å². The molecule has 0 unspecified atom stereocenters. The normalized spacial score (nSPS) is 10.6. The molecule has 96 valence electrons. The van der Waals surface area contributed by atoms with Crippen LogP contribution in [0.25, 0.3) is 0 Å². The first-order valence-corrected chi connectivity index (χ1v) is 5.41. The minimum atomic E-state index is -0.0660. The number of hydrogen-bond donors (Lipinski definition) is 1. The molecule has 0 spiro atoms. The number of rotatable bonds is 4. The highest BCUT2D eigenvalue weighted by Gasteiger charge is 2.11. The second-order valence-corrected chi connectivity index (χ2v) is 4.07. The van der Waals surface area contributed by atoms with Gasteiger partial charge in [0, 0.05) is 32.4 Å². The second kappa shape index (κ2) is 4.86. The minimum absolute atomic E-state index is 0.0660. The number of anilines is 1. The SMILES string of the molecule is CN(Cc1cnn(C)c1)C(=O)Cn1cnc(N)n1. The summed E-state index contributed by atoms with van der Waals surface area (Å²) in [4.78, 5) is 17.3. The van der Waals surface area contributed by atoms with Crippen molar-refractivity contribution in [3.05, 3.63) is 24.3 Å². The zero-order valence-corrected chi connectivity index (χ0v) is 10.3. The van der Waals surface area contributed by atoms with Crippen LogP contribution in [0, 0.1) is 0 Å². The van der Waals surface area contributed by atoms with E-state index < -0.39 is 0 Å². The molecule has 0 saturated heterocycles. The molecule has 0 aliphatic carbocycles. The van der Waals surface area contributed by atoms with E-state index in [0.717, 1.165) is 5.56 Å². The number of carbonyl (C=O) groups excluding carboxylic acids is 1. The van der Waals surface area contributed by atoms with Gasteiger partial charge in [-0.1, -0.05) is 0 Å². The van der Waals surface area contributed by atoms with E-state index in [2.05, 4.69) is 15.2 Å². The van der Waals surface area contributed by atoms with Gasteiger partial charge in [0.15, 0.2) is 0 Å². The van der Waals surface area contributed by atoms with Crippen molar-refractivity contribution in [2.24, 2.45) is 7.05 Å². The molecule has 0 fully saturated rings. The van der Waals surface area contributed by atoms with Gasteiger partial charge in [0.1, 0.15) is 12.9 Å². The van der Waals surface area contributed by atoms with E-state index in [1.807, 2.05) is 13.2 Å². The van der Waals surface area contributed by atoms with Crippen molar-refractivity contribution in [1.82, 2.24) is 29.4 Å². The standard InChI is InChI=1S/C10H15N7O/c1-15(4-8-3-13-16(2)5-8)9(18)6-17-7-12-10(11)14-17/h3,5,7H,4,6H2,1-2H3,(H2,11,14).